The van der Waals surface area contributed by atoms with Crippen LogP contribution in [0.25, 0.3) is 0 Å². The summed E-state index contributed by atoms with van der Waals surface area (Å²) < 4.78 is 26.4. The maximum Gasteiger partial charge on any atom is 0.587 e. The highest BCUT2D eigenvalue weighted by atomic mass is 31.2. The van der Waals surface area contributed by atoms with Crippen LogP contribution >= 0.6 is 7.82 Å². The van der Waals surface area contributed by atoms with Gasteiger partial charge in [-0.15, -0.1) is 0 Å². The van der Waals surface area contributed by atoms with Crippen LogP contribution in [0.4, 0.5) is 0 Å². The van der Waals surface area contributed by atoms with Gasteiger partial charge in [0, 0.05) is 7.11 Å². The summed E-state index contributed by atoms with van der Waals surface area (Å²) in [6.07, 6.45) is 0. The smallest absolute Gasteiger partial charge is 0.391 e. The molecule has 0 saturated carbocycles. The fourth-order valence-electron chi connectivity index (χ4n) is 1.24. The van der Waals surface area contributed by atoms with E-state index in [0.717, 1.165) is 11.1 Å². The van der Waals surface area contributed by atoms with Crippen LogP contribution < -0.4 is 9.05 Å². The molecule has 0 saturated heterocycles. The molecule has 0 radical (unpaired) electrons. The SMILES string of the molecule is COP1(=O)Oc2cc(C)c(C)cc2O1. The third kappa shape index (κ3) is 1.41. The van der Waals surface area contributed by atoms with Crippen molar-refractivity contribution in [2.24, 2.45) is 0 Å². The molecule has 0 atom stereocenters. The first-order chi connectivity index (χ1) is 6.54. The van der Waals surface area contributed by atoms with Crippen molar-refractivity contribution >= 4 is 7.82 Å². The van der Waals surface area contributed by atoms with Crippen molar-refractivity contribution < 1.29 is 18.1 Å². The lowest BCUT2D eigenvalue weighted by atomic mass is 10.1. The van der Waals surface area contributed by atoms with Gasteiger partial charge in [-0.25, -0.2) is 4.57 Å². The van der Waals surface area contributed by atoms with Gasteiger partial charge in [-0.05, 0) is 37.1 Å². The Kier molecular flexibility index (Phi) is 2.05. The number of phosphoric ester groups is 1. The molecule has 5 heteroatoms. The molecule has 4 nitrogen and oxygen atoms in total. The molecule has 0 fully saturated rings. The van der Waals surface area contributed by atoms with E-state index in [2.05, 4.69) is 4.52 Å². The molecule has 1 aliphatic rings. The molecule has 0 aliphatic carbocycles. The average Bonchev–Trinajstić information content (AvgIpc) is 2.43. The number of fused-ring (bicyclic) bond motifs is 1. The molecule has 1 aliphatic heterocycles. The largest absolute Gasteiger partial charge is 0.587 e. The Morgan fingerprint density at radius 2 is 1.57 bits per heavy atom. The summed E-state index contributed by atoms with van der Waals surface area (Å²) in [6, 6.07) is 3.59. The molecular weight excluding hydrogens is 203 g/mol. The predicted molar refractivity (Wildman–Crippen MR) is 51.8 cm³/mol. The van der Waals surface area contributed by atoms with Crippen LogP contribution in [0.15, 0.2) is 12.1 Å². The standard InChI is InChI=1S/C9H11O4P/c1-6-4-8-9(5-7(6)2)13-14(10,11-3)12-8/h4-5H,1-3H3. The molecule has 1 aromatic rings. The highest BCUT2D eigenvalue weighted by Crippen LogP contribution is 2.58. The van der Waals surface area contributed by atoms with Crippen LogP contribution in [0.5, 0.6) is 11.5 Å². The fraction of sp³-hybridized carbons (Fsp3) is 0.333. The summed E-state index contributed by atoms with van der Waals surface area (Å²) in [5.74, 6) is 0.969. The van der Waals surface area contributed by atoms with E-state index in [4.69, 9.17) is 9.05 Å². The molecule has 2 rings (SSSR count). The zero-order valence-electron chi connectivity index (χ0n) is 8.23. The van der Waals surface area contributed by atoms with E-state index in [1.165, 1.54) is 7.11 Å². The molecular formula is C9H11O4P. The highest BCUT2D eigenvalue weighted by Gasteiger charge is 2.37. The normalized spacial score (nSPS) is 17.1. The van der Waals surface area contributed by atoms with Gasteiger partial charge in [0.25, 0.3) is 0 Å². The van der Waals surface area contributed by atoms with Crippen molar-refractivity contribution in [1.82, 2.24) is 0 Å². The second kappa shape index (κ2) is 3.01. The topological polar surface area (TPSA) is 44.8 Å². The Bertz CT molecular complexity index is 392. The number of phosphoric acid groups is 1. The zero-order valence-corrected chi connectivity index (χ0v) is 9.13. The monoisotopic (exact) mass is 214 g/mol. The molecule has 0 spiro atoms. The zero-order chi connectivity index (χ0) is 10.3. The van der Waals surface area contributed by atoms with Crippen LogP contribution in [-0.2, 0) is 9.09 Å². The third-order valence-electron chi connectivity index (χ3n) is 2.20. The molecule has 0 amide bonds. The van der Waals surface area contributed by atoms with Gasteiger partial charge < -0.3 is 9.05 Å². The fourth-order valence-corrected chi connectivity index (χ4v) is 2.19. The molecule has 0 aromatic heterocycles. The lowest BCUT2D eigenvalue weighted by Crippen LogP contribution is -1.92. The third-order valence-corrected chi connectivity index (χ3v) is 3.49. The number of benzene rings is 1. The van der Waals surface area contributed by atoms with Crippen molar-refractivity contribution in [3.8, 4) is 11.5 Å². The van der Waals surface area contributed by atoms with Gasteiger partial charge in [-0.1, -0.05) is 0 Å². The van der Waals surface area contributed by atoms with E-state index in [0.29, 0.717) is 11.5 Å². The van der Waals surface area contributed by atoms with Gasteiger partial charge in [-0.2, -0.15) is 0 Å². The molecule has 76 valence electrons. The van der Waals surface area contributed by atoms with Crippen LogP contribution in [0, 0.1) is 13.8 Å². The van der Waals surface area contributed by atoms with E-state index in [9.17, 15) is 4.57 Å². The van der Waals surface area contributed by atoms with E-state index in [1.54, 1.807) is 12.1 Å². The van der Waals surface area contributed by atoms with Gasteiger partial charge in [-0.3, -0.25) is 4.52 Å². The maximum atomic E-state index is 11.6. The Morgan fingerprint density at radius 3 is 1.93 bits per heavy atom. The summed E-state index contributed by atoms with van der Waals surface area (Å²) in [5.41, 5.74) is 2.13. The van der Waals surface area contributed by atoms with E-state index in [-0.39, 0.29) is 0 Å². The van der Waals surface area contributed by atoms with E-state index < -0.39 is 7.82 Å². The first-order valence-electron chi connectivity index (χ1n) is 4.20. The first kappa shape index (κ1) is 9.56. The maximum absolute atomic E-state index is 11.6. The van der Waals surface area contributed by atoms with Gasteiger partial charge >= 0.3 is 7.82 Å². The van der Waals surface area contributed by atoms with Gasteiger partial charge in [0.2, 0.25) is 0 Å². The lowest BCUT2D eigenvalue weighted by molar-refractivity contribution is 0.275. The molecule has 1 heterocycles. The molecule has 0 unspecified atom stereocenters. The summed E-state index contributed by atoms with van der Waals surface area (Å²) in [5, 5.41) is 0. The molecule has 0 N–H and O–H groups in total. The Labute approximate surface area is 82.4 Å². The van der Waals surface area contributed by atoms with Crippen molar-refractivity contribution in [2.45, 2.75) is 13.8 Å². The van der Waals surface area contributed by atoms with Crippen LogP contribution in [0.3, 0.4) is 0 Å². The molecule has 14 heavy (non-hydrogen) atoms. The van der Waals surface area contributed by atoms with Crippen LogP contribution in [0.2, 0.25) is 0 Å². The Balaban J connectivity index is 2.46. The van der Waals surface area contributed by atoms with Crippen molar-refractivity contribution in [3.63, 3.8) is 0 Å². The van der Waals surface area contributed by atoms with Crippen molar-refractivity contribution in [1.29, 1.82) is 0 Å². The van der Waals surface area contributed by atoms with E-state index in [1.807, 2.05) is 13.8 Å². The van der Waals surface area contributed by atoms with Gasteiger partial charge in [0.15, 0.2) is 11.5 Å². The second-order valence-corrected chi connectivity index (χ2v) is 4.82. The van der Waals surface area contributed by atoms with Crippen LogP contribution in [-0.4, -0.2) is 7.11 Å². The predicted octanol–water partition coefficient (Wildman–Crippen LogP) is 2.83. The van der Waals surface area contributed by atoms with Gasteiger partial charge in [0.05, 0.1) is 0 Å². The summed E-state index contributed by atoms with van der Waals surface area (Å²) >= 11 is 0. The summed E-state index contributed by atoms with van der Waals surface area (Å²) in [6.45, 7) is 3.91. The lowest BCUT2D eigenvalue weighted by Gasteiger charge is -2.04. The quantitative estimate of drug-likeness (QED) is 0.674. The van der Waals surface area contributed by atoms with Crippen molar-refractivity contribution in [2.75, 3.05) is 7.11 Å². The van der Waals surface area contributed by atoms with Crippen LogP contribution in [0.1, 0.15) is 11.1 Å². The molecule has 0 bridgehead atoms. The molecule has 1 aromatic carbocycles. The Hall–Kier alpha value is -0.990. The summed E-state index contributed by atoms with van der Waals surface area (Å²) in [7, 11) is -2.07. The van der Waals surface area contributed by atoms with E-state index >= 15 is 0 Å². The average molecular weight is 214 g/mol. The minimum Gasteiger partial charge on any atom is -0.391 e. The minimum atomic E-state index is -3.37. The number of aryl methyl sites for hydroxylation is 2. The first-order valence-corrected chi connectivity index (χ1v) is 5.66. The number of hydrogen-bond acceptors (Lipinski definition) is 4. The Morgan fingerprint density at radius 1 is 1.14 bits per heavy atom. The van der Waals surface area contributed by atoms with Gasteiger partial charge in [0.1, 0.15) is 0 Å². The highest BCUT2D eigenvalue weighted by molar-refractivity contribution is 7.49. The number of rotatable bonds is 1. The minimum absolute atomic E-state index is 0.485. The summed E-state index contributed by atoms with van der Waals surface area (Å²) in [4.78, 5) is 0. The van der Waals surface area contributed by atoms with Crippen molar-refractivity contribution in [3.05, 3.63) is 23.3 Å². The second-order valence-electron chi connectivity index (χ2n) is 3.20. The number of hydrogen-bond donors (Lipinski definition) is 0.